The highest BCUT2D eigenvalue weighted by atomic mass is 16.7. The van der Waals surface area contributed by atoms with Gasteiger partial charge in [0.05, 0.1) is 20.3 Å². The van der Waals surface area contributed by atoms with Crippen molar-refractivity contribution < 1.29 is 33.3 Å². The summed E-state index contributed by atoms with van der Waals surface area (Å²) in [6.07, 6.45) is 12.0. The first-order chi connectivity index (χ1) is 18.6. The second kappa shape index (κ2) is 19.3. The molecule has 4 atom stereocenters. The lowest BCUT2D eigenvalue weighted by Gasteiger charge is -2.46. The van der Waals surface area contributed by atoms with Crippen LogP contribution in [0.1, 0.15) is 101 Å². The Hall–Kier alpha value is -1.98. The van der Waals surface area contributed by atoms with Crippen LogP contribution in [0.25, 0.3) is 0 Å². The molecule has 0 radical (unpaired) electrons. The maximum atomic E-state index is 10.9. The standard InChI is InChI=1S/C16H24O3.C15H24O3.CH2O.2CH4/c1-12(17)7-8-13-10-14(16(13,2)3)11-19-15-6-4-5-9-18-15;1-15(2)12(7-9-16-3)10-13(15)11-18-14-6-4-5-8-17-14;1-2;;/h7,14-15H,4-6,9-11H2,1-3H3;9,13-14H,4-6,8,10-11H2,1-3H3;1H2;2*1H4. The summed E-state index contributed by atoms with van der Waals surface area (Å²) in [6, 6.07) is 0. The lowest BCUT2D eigenvalue weighted by Crippen LogP contribution is -2.41. The van der Waals surface area contributed by atoms with Gasteiger partial charge < -0.3 is 28.5 Å². The molecule has 4 fully saturated rings. The number of ether oxygens (including phenoxy) is 5. The molecule has 0 N–H and O–H groups in total. The zero-order chi connectivity index (χ0) is 28.9. The Bertz CT molecular complexity index is 894. The predicted molar refractivity (Wildman–Crippen MR) is 164 cm³/mol. The summed E-state index contributed by atoms with van der Waals surface area (Å²) in [4.78, 5) is 18.9. The molecule has 4 aliphatic rings. The maximum absolute atomic E-state index is 10.9. The predicted octanol–water partition coefficient (Wildman–Crippen LogP) is 7.59. The van der Waals surface area contributed by atoms with Gasteiger partial charge in [-0.3, -0.25) is 4.79 Å². The second-order valence-electron chi connectivity index (χ2n) is 11.9. The third-order valence-corrected chi connectivity index (χ3v) is 8.54. The topological polar surface area (TPSA) is 80.3 Å². The fraction of sp³-hybridized carbons (Fsp3) is 0.765. The third-order valence-electron chi connectivity index (χ3n) is 8.54. The van der Waals surface area contributed by atoms with Crippen LogP contribution in [0.5, 0.6) is 0 Å². The van der Waals surface area contributed by atoms with E-state index in [1.165, 1.54) is 30.4 Å². The van der Waals surface area contributed by atoms with Crippen molar-refractivity contribution in [2.45, 2.75) is 113 Å². The summed E-state index contributed by atoms with van der Waals surface area (Å²) in [7, 11) is 1.65. The van der Waals surface area contributed by atoms with Crippen molar-refractivity contribution in [2.75, 3.05) is 33.5 Å². The molecular formula is C34H58O7. The molecule has 2 heterocycles. The van der Waals surface area contributed by atoms with E-state index in [4.69, 9.17) is 28.5 Å². The monoisotopic (exact) mass is 578 g/mol. The largest absolute Gasteiger partial charge is 0.496 e. The number of carbonyl (C=O) groups is 2. The molecule has 7 heteroatoms. The normalized spacial score (nSPS) is 27.0. The first-order valence-electron chi connectivity index (χ1n) is 14.3. The molecule has 2 aliphatic heterocycles. The van der Waals surface area contributed by atoms with E-state index in [0.717, 1.165) is 58.5 Å². The van der Waals surface area contributed by atoms with Gasteiger partial charge in [0.2, 0.25) is 0 Å². The zero-order valence-electron chi connectivity index (χ0n) is 25.0. The van der Waals surface area contributed by atoms with Gasteiger partial charge in [-0.1, -0.05) is 48.3 Å². The fourth-order valence-electron chi connectivity index (χ4n) is 5.24. The fourth-order valence-corrected chi connectivity index (χ4v) is 5.24. The van der Waals surface area contributed by atoms with Crippen LogP contribution in [-0.2, 0) is 33.3 Å². The van der Waals surface area contributed by atoms with E-state index in [9.17, 15) is 4.79 Å². The highest BCUT2D eigenvalue weighted by Crippen LogP contribution is 2.51. The number of hydrogen-bond donors (Lipinski definition) is 0. The molecule has 0 aromatic rings. The Morgan fingerprint density at radius 1 is 0.854 bits per heavy atom. The van der Waals surface area contributed by atoms with Gasteiger partial charge in [0, 0.05) is 19.3 Å². The molecule has 2 aliphatic carbocycles. The molecule has 4 unspecified atom stereocenters. The van der Waals surface area contributed by atoms with Gasteiger partial charge in [0.15, 0.2) is 18.4 Å². The van der Waals surface area contributed by atoms with Crippen LogP contribution < -0.4 is 0 Å². The summed E-state index contributed by atoms with van der Waals surface area (Å²) >= 11 is 0. The van der Waals surface area contributed by atoms with Crippen molar-refractivity contribution >= 4 is 12.6 Å². The van der Waals surface area contributed by atoms with Gasteiger partial charge in [0.1, 0.15) is 13.1 Å². The second-order valence-corrected chi connectivity index (χ2v) is 11.9. The van der Waals surface area contributed by atoms with Gasteiger partial charge in [-0.15, -0.1) is 5.73 Å². The van der Waals surface area contributed by atoms with Crippen molar-refractivity contribution in [3.8, 4) is 0 Å². The highest BCUT2D eigenvalue weighted by molar-refractivity contribution is 5.87. The van der Waals surface area contributed by atoms with Gasteiger partial charge >= 0.3 is 0 Å². The molecule has 2 saturated heterocycles. The first kappa shape index (κ1) is 39.0. The van der Waals surface area contributed by atoms with Crippen molar-refractivity contribution in [3.63, 3.8) is 0 Å². The van der Waals surface area contributed by atoms with Crippen LogP contribution in [0.3, 0.4) is 0 Å². The van der Waals surface area contributed by atoms with E-state index in [1.807, 2.05) is 6.79 Å². The molecule has 7 nitrogen and oxygen atoms in total. The summed E-state index contributed by atoms with van der Waals surface area (Å²) < 4.78 is 27.8. The van der Waals surface area contributed by atoms with Crippen molar-refractivity contribution in [1.29, 1.82) is 0 Å². The number of hydrogen-bond acceptors (Lipinski definition) is 7. The maximum Gasteiger partial charge on any atom is 0.160 e. The third kappa shape index (κ3) is 11.7. The number of rotatable bonds is 8. The summed E-state index contributed by atoms with van der Waals surface area (Å²) in [6.45, 7) is 15.6. The van der Waals surface area contributed by atoms with Gasteiger partial charge in [-0.2, -0.15) is 0 Å². The molecule has 0 aromatic heterocycles. The van der Waals surface area contributed by atoms with E-state index in [-0.39, 0.29) is 44.0 Å². The number of ketones is 1. The van der Waals surface area contributed by atoms with Gasteiger partial charge in [-0.05, 0) is 92.1 Å². The zero-order valence-corrected chi connectivity index (χ0v) is 25.0. The Morgan fingerprint density at radius 3 is 1.63 bits per heavy atom. The minimum atomic E-state index is -0.00894. The highest BCUT2D eigenvalue weighted by Gasteiger charge is 2.44. The SMILES string of the molecule is C.C.C=O.CC(=O)C=C=C1CC(COC2CCCCO2)C1(C)C.COC=C=C1CC(COC2CCCCO2)C1(C)C. The smallest absolute Gasteiger partial charge is 0.160 e. The molecule has 0 spiro atoms. The Labute approximate surface area is 250 Å². The van der Waals surface area contributed by atoms with Crippen molar-refractivity contribution in [2.24, 2.45) is 22.7 Å². The molecular weight excluding hydrogens is 520 g/mol. The van der Waals surface area contributed by atoms with Crippen LogP contribution in [0.2, 0.25) is 0 Å². The number of carbonyl (C=O) groups excluding carboxylic acids is 2. The molecule has 2 saturated carbocycles. The van der Waals surface area contributed by atoms with Crippen LogP contribution in [-0.4, -0.2) is 58.7 Å². The van der Waals surface area contributed by atoms with E-state index >= 15 is 0 Å². The molecule has 236 valence electrons. The molecule has 0 aromatic carbocycles. The summed E-state index contributed by atoms with van der Waals surface area (Å²) in [5, 5.41) is 0. The molecule has 0 bridgehead atoms. The lowest BCUT2D eigenvalue weighted by atomic mass is 9.59. The number of methoxy groups -OCH3 is 1. The van der Waals surface area contributed by atoms with E-state index < -0.39 is 0 Å². The van der Waals surface area contributed by atoms with Gasteiger partial charge in [-0.25, -0.2) is 0 Å². The van der Waals surface area contributed by atoms with Gasteiger partial charge in [0.25, 0.3) is 0 Å². The quantitative estimate of drug-likeness (QED) is 0.167. The minimum Gasteiger partial charge on any atom is -0.496 e. The molecule has 4 rings (SSSR count). The Kier molecular flexibility index (Phi) is 18.3. The minimum absolute atomic E-state index is 0. The van der Waals surface area contributed by atoms with E-state index in [0.29, 0.717) is 11.8 Å². The average Bonchev–Trinajstić information content (AvgIpc) is 2.93. The van der Waals surface area contributed by atoms with Crippen molar-refractivity contribution in [3.05, 3.63) is 34.9 Å². The Balaban J connectivity index is 0.000000704. The van der Waals surface area contributed by atoms with Crippen LogP contribution >= 0.6 is 0 Å². The Morgan fingerprint density at radius 2 is 1.29 bits per heavy atom. The van der Waals surface area contributed by atoms with Crippen LogP contribution in [0, 0.1) is 22.7 Å². The van der Waals surface area contributed by atoms with Crippen LogP contribution in [0.15, 0.2) is 34.9 Å². The molecule has 41 heavy (non-hydrogen) atoms. The van der Waals surface area contributed by atoms with E-state index in [1.54, 1.807) is 26.4 Å². The average molecular weight is 579 g/mol. The molecule has 0 amide bonds. The summed E-state index contributed by atoms with van der Waals surface area (Å²) in [5.74, 6) is 1.12. The number of allylic oxidation sites excluding steroid dienone is 2. The van der Waals surface area contributed by atoms with Crippen molar-refractivity contribution in [1.82, 2.24) is 0 Å². The van der Waals surface area contributed by atoms with E-state index in [2.05, 4.69) is 39.2 Å². The first-order valence-corrected chi connectivity index (χ1v) is 14.3. The lowest BCUT2D eigenvalue weighted by molar-refractivity contribution is -0.177. The van der Waals surface area contributed by atoms with Crippen LogP contribution in [0.4, 0.5) is 0 Å². The summed E-state index contributed by atoms with van der Waals surface area (Å²) in [5.41, 5.74) is 9.14.